The smallest absolute Gasteiger partial charge is 0.213 e. The molecule has 2 heterocycles. The van der Waals surface area contributed by atoms with E-state index in [0.29, 0.717) is 13.0 Å². The second-order valence-corrected chi connectivity index (χ2v) is 9.13. The Balaban J connectivity index is 0.00000320. The molecule has 0 aliphatic heterocycles. The minimum Gasteiger partial charge on any atom is -1.00 e. The molecular formula is C32H33BrN2O2. The van der Waals surface area contributed by atoms with E-state index in [1.807, 2.05) is 6.92 Å². The van der Waals surface area contributed by atoms with Crippen LogP contribution < -0.4 is 21.5 Å². The van der Waals surface area contributed by atoms with Gasteiger partial charge in [-0.25, -0.2) is 0 Å². The van der Waals surface area contributed by atoms with Crippen LogP contribution in [0.25, 0.3) is 44.9 Å². The van der Waals surface area contributed by atoms with Crippen LogP contribution in [0.2, 0.25) is 0 Å². The first-order chi connectivity index (χ1) is 17.7. The minimum atomic E-state index is 0. The highest BCUT2D eigenvalue weighted by molar-refractivity contribution is 6.08. The lowest BCUT2D eigenvalue weighted by Crippen LogP contribution is -3.00. The van der Waals surface area contributed by atoms with Gasteiger partial charge in [0.15, 0.2) is 12.0 Å². The summed E-state index contributed by atoms with van der Waals surface area (Å²) >= 11 is 0. The molecule has 0 unspecified atom stereocenters. The molecular weight excluding hydrogens is 524 g/mol. The number of rotatable bonds is 10. The molecule has 2 aromatic heterocycles. The summed E-state index contributed by atoms with van der Waals surface area (Å²) in [6, 6.07) is 26.0. The Bertz CT molecular complexity index is 1570. The van der Waals surface area contributed by atoms with E-state index >= 15 is 0 Å². The molecule has 0 aliphatic carbocycles. The predicted octanol–water partition coefficient (Wildman–Crippen LogP) is 3.82. The molecule has 0 aliphatic rings. The van der Waals surface area contributed by atoms with Crippen molar-refractivity contribution in [1.29, 1.82) is 0 Å². The van der Waals surface area contributed by atoms with Crippen LogP contribution in [-0.2, 0) is 22.6 Å². The lowest BCUT2D eigenvalue weighted by Gasteiger charge is -2.05. The van der Waals surface area contributed by atoms with E-state index in [-0.39, 0.29) is 29.4 Å². The van der Waals surface area contributed by atoms with Crippen LogP contribution in [0.3, 0.4) is 0 Å². The Morgan fingerprint density at radius 3 is 2.46 bits per heavy atom. The van der Waals surface area contributed by atoms with Gasteiger partial charge in [-0.1, -0.05) is 48.6 Å². The highest BCUT2D eigenvalue weighted by Crippen LogP contribution is 2.30. The van der Waals surface area contributed by atoms with Gasteiger partial charge in [0.2, 0.25) is 5.52 Å². The molecule has 0 spiro atoms. The molecule has 5 aromatic rings. The van der Waals surface area contributed by atoms with Crippen LogP contribution in [-0.4, -0.2) is 23.6 Å². The van der Waals surface area contributed by atoms with E-state index in [2.05, 4.69) is 107 Å². The first-order valence-electron chi connectivity index (χ1n) is 12.9. The number of carbonyl (C=O) groups excluding carboxylic acids is 1. The number of para-hydroxylation sites is 2. The van der Waals surface area contributed by atoms with Crippen molar-refractivity contribution in [2.75, 3.05) is 13.2 Å². The van der Waals surface area contributed by atoms with Crippen molar-refractivity contribution in [2.24, 2.45) is 0 Å². The van der Waals surface area contributed by atoms with Gasteiger partial charge in [-0.2, -0.15) is 4.57 Å². The molecule has 0 fully saturated rings. The number of hydrogen-bond acceptors (Lipinski definition) is 2. The number of aromatic nitrogens is 2. The molecule has 3 aromatic carbocycles. The predicted molar refractivity (Wildman–Crippen MR) is 149 cm³/mol. The number of benzene rings is 3. The van der Waals surface area contributed by atoms with Gasteiger partial charge in [0.05, 0.1) is 5.39 Å². The average molecular weight is 558 g/mol. The molecule has 0 N–H and O–H groups in total. The van der Waals surface area contributed by atoms with Crippen LogP contribution in [0.4, 0.5) is 0 Å². The summed E-state index contributed by atoms with van der Waals surface area (Å²) in [5.74, 6) is 0.167. The summed E-state index contributed by atoms with van der Waals surface area (Å²) < 4.78 is 9.86. The SMILES string of the molecule is CCOCC(=O)CCC[n+]1ccc(/C=C/c2ccc3c(c2)c2ccccc2n3CC)c2ccccc21.[Br-]. The lowest BCUT2D eigenvalue weighted by molar-refractivity contribution is -0.671. The number of Topliss-reactive ketones (excluding diaryl/α,β-unsaturated/α-hetero) is 1. The third-order valence-electron chi connectivity index (χ3n) is 6.85. The Labute approximate surface area is 228 Å². The summed E-state index contributed by atoms with van der Waals surface area (Å²) in [6.07, 6.45) is 7.89. The average Bonchev–Trinajstić information content (AvgIpc) is 3.24. The van der Waals surface area contributed by atoms with Crippen molar-refractivity contribution in [2.45, 2.75) is 39.8 Å². The topological polar surface area (TPSA) is 35.1 Å². The van der Waals surface area contributed by atoms with Crippen molar-refractivity contribution in [3.8, 4) is 0 Å². The summed E-state index contributed by atoms with van der Waals surface area (Å²) in [7, 11) is 0. The van der Waals surface area contributed by atoms with Crippen molar-refractivity contribution in [3.05, 3.63) is 90.1 Å². The number of halogens is 1. The van der Waals surface area contributed by atoms with E-state index in [1.165, 1.54) is 43.8 Å². The van der Waals surface area contributed by atoms with Crippen molar-refractivity contribution in [1.82, 2.24) is 4.57 Å². The molecule has 0 atom stereocenters. The van der Waals surface area contributed by atoms with E-state index in [4.69, 9.17) is 4.74 Å². The standard InChI is InChI=1S/C32H33N2O2.BrH/c1-3-34-31-14-8-6-12-28(31)29-22-24(16-18-32(29)34)15-17-25-19-21-33(30-13-7-5-11-27(25)30)20-9-10-26(35)23-36-4-2;/h5-8,11-19,21-22H,3-4,9-10,20,23H2,1-2H3;1H/q+1;/p-1. The number of carbonyl (C=O) groups is 1. The second-order valence-electron chi connectivity index (χ2n) is 9.13. The maximum Gasteiger partial charge on any atom is 0.213 e. The van der Waals surface area contributed by atoms with Gasteiger partial charge in [0.25, 0.3) is 0 Å². The molecule has 37 heavy (non-hydrogen) atoms. The molecule has 0 amide bonds. The summed E-state index contributed by atoms with van der Waals surface area (Å²) in [5.41, 5.74) is 6.12. The molecule has 0 saturated heterocycles. The Morgan fingerprint density at radius 2 is 1.65 bits per heavy atom. The first-order valence-corrected chi connectivity index (χ1v) is 12.9. The van der Waals surface area contributed by atoms with Gasteiger partial charge < -0.3 is 26.3 Å². The fourth-order valence-corrected chi connectivity index (χ4v) is 5.09. The second kappa shape index (κ2) is 12.3. The Morgan fingerprint density at radius 1 is 0.892 bits per heavy atom. The van der Waals surface area contributed by atoms with Gasteiger partial charge in [-0.05, 0) is 49.2 Å². The normalized spacial score (nSPS) is 11.5. The molecule has 4 nitrogen and oxygen atoms in total. The summed E-state index contributed by atoms with van der Waals surface area (Å²) in [5, 5.41) is 3.81. The number of ketones is 1. The zero-order valence-electron chi connectivity index (χ0n) is 21.5. The van der Waals surface area contributed by atoms with Crippen molar-refractivity contribution in [3.63, 3.8) is 0 Å². The van der Waals surface area contributed by atoms with Crippen LogP contribution in [0.15, 0.2) is 79.0 Å². The largest absolute Gasteiger partial charge is 1.00 e. The third kappa shape index (κ3) is 5.68. The number of fused-ring (bicyclic) bond motifs is 4. The summed E-state index contributed by atoms with van der Waals surface area (Å²) in [6.45, 7) is 6.67. The number of aryl methyl sites for hydroxylation is 2. The fourth-order valence-electron chi connectivity index (χ4n) is 5.09. The fraction of sp³-hybridized carbons (Fsp3) is 0.250. The highest BCUT2D eigenvalue weighted by atomic mass is 79.9. The number of pyridine rings is 1. The van der Waals surface area contributed by atoms with Gasteiger partial charge in [-0.15, -0.1) is 0 Å². The molecule has 0 radical (unpaired) electrons. The third-order valence-corrected chi connectivity index (χ3v) is 6.85. The Hall–Kier alpha value is -3.28. The van der Waals surface area contributed by atoms with Crippen molar-refractivity contribution < 1.29 is 31.1 Å². The first kappa shape index (κ1) is 26.8. The van der Waals surface area contributed by atoms with Crippen LogP contribution >= 0.6 is 0 Å². The maximum absolute atomic E-state index is 12.0. The van der Waals surface area contributed by atoms with E-state index in [1.54, 1.807) is 0 Å². The van der Waals surface area contributed by atoms with E-state index < -0.39 is 0 Å². The van der Waals surface area contributed by atoms with Crippen LogP contribution in [0.1, 0.15) is 37.8 Å². The van der Waals surface area contributed by atoms with Gasteiger partial charge in [-0.3, -0.25) is 4.79 Å². The maximum atomic E-state index is 12.0. The van der Waals surface area contributed by atoms with E-state index in [9.17, 15) is 4.79 Å². The van der Waals surface area contributed by atoms with Crippen LogP contribution in [0, 0.1) is 0 Å². The molecule has 5 rings (SSSR count). The number of ether oxygens (including phenoxy) is 1. The molecule has 0 saturated carbocycles. The van der Waals surface area contributed by atoms with Crippen molar-refractivity contribution >= 4 is 50.6 Å². The molecule has 0 bridgehead atoms. The molecule has 5 heteroatoms. The van der Waals surface area contributed by atoms with Gasteiger partial charge in [0.1, 0.15) is 13.2 Å². The highest BCUT2D eigenvalue weighted by Gasteiger charge is 2.13. The summed E-state index contributed by atoms with van der Waals surface area (Å²) in [4.78, 5) is 12.0. The zero-order valence-corrected chi connectivity index (χ0v) is 23.1. The monoisotopic (exact) mass is 556 g/mol. The quantitative estimate of drug-likeness (QED) is 0.245. The minimum absolute atomic E-state index is 0. The van der Waals surface area contributed by atoms with Crippen LogP contribution in [0.5, 0.6) is 0 Å². The van der Waals surface area contributed by atoms with E-state index in [0.717, 1.165) is 19.5 Å². The zero-order chi connectivity index (χ0) is 24.9. The lowest BCUT2D eigenvalue weighted by atomic mass is 10.1. The molecule has 190 valence electrons. The Kier molecular flexibility index (Phi) is 8.91. The van der Waals surface area contributed by atoms with Gasteiger partial charge >= 0.3 is 0 Å². The van der Waals surface area contributed by atoms with Gasteiger partial charge in [0, 0.05) is 59.9 Å². The number of hydrogen-bond donors (Lipinski definition) is 0. The number of nitrogens with zero attached hydrogens (tertiary/aromatic N) is 2.